The van der Waals surface area contributed by atoms with E-state index < -0.39 is 47.8 Å². The van der Waals surface area contributed by atoms with Crippen LogP contribution in [0.5, 0.6) is 0 Å². The molecule has 8 heteroatoms. The fourth-order valence-electron chi connectivity index (χ4n) is 3.71. The Hall–Kier alpha value is -3.39. The minimum atomic E-state index is -1.02. The standard InChI is InChI=1S/C25H29NO7/c1-25(2,3)33-24(30)26-19-14-18(15-27)20(31-22(28)16-10-6-4-7-11-16)21(19)32-23(29)17-12-8-5-9-13-17/h4-13,18-21,27H,14-15H2,1-3H3,(H,26,30)/t18-,19+,20-,21+/m1/s1. The number of hydrogen-bond donors (Lipinski definition) is 2. The molecule has 0 radical (unpaired) electrons. The molecule has 176 valence electrons. The van der Waals surface area contributed by atoms with Crippen LogP contribution in [0, 0.1) is 5.92 Å². The van der Waals surface area contributed by atoms with Gasteiger partial charge in [-0.15, -0.1) is 0 Å². The van der Waals surface area contributed by atoms with Crippen LogP contribution in [0.15, 0.2) is 60.7 Å². The number of carbonyl (C=O) groups is 3. The third-order valence-corrected chi connectivity index (χ3v) is 5.18. The quantitative estimate of drug-likeness (QED) is 0.508. The summed E-state index contributed by atoms with van der Waals surface area (Å²) in [5, 5.41) is 12.7. The lowest BCUT2D eigenvalue weighted by Gasteiger charge is -2.27. The molecule has 4 atom stereocenters. The Kier molecular flexibility index (Phi) is 7.71. The minimum absolute atomic E-state index is 0.231. The lowest BCUT2D eigenvalue weighted by molar-refractivity contribution is -0.0457. The largest absolute Gasteiger partial charge is 0.454 e. The average Bonchev–Trinajstić information content (AvgIpc) is 3.09. The first-order valence-electron chi connectivity index (χ1n) is 10.8. The highest BCUT2D eigenvalue weighted by atomic mass is 16.6. The molecule has 0 bridgehead atoms. The summed E-state index contributed by atoms with van der Waals surface area (Å²) in [5.41, 5.74) is -0.0889. The predicted octanol–water partition coefficient (Wildman–Crippen LogP) is 3.34. The zero-order valence-electron chi connectivity index (χ0n) is 18.9. The number of rotatable bonds is 6. The van der Waals surface area contributed by atoms with Gasteiger partial charge in [-0.2, -0.15) is 0 Å². The van der Waals surface area contributed by atoms with Crippen molar-refractivity contribution in [2.45, 2.75) is 51.0 Å². The van der Waals surface area contributed by atoms with Crippen molar-refractivity contribution in [3.05, 3.63) is 71.8 Å². The van der Waals surface area contributed by atoms with Crippen molar-refractivity contribution in [2.75, 3.05) is 6.61 Å². The van der Waals surface area contributed by atoms with Gasteiger partial charge >= 0.3 is 18.0 Å². The van der Waals surface area contributed by atoms with E-state index in [0.29, 0.717) is 11.1 Å². The van der Waals surface area contributed by atoms with Crippen molar-refractivity contribution in [1.29, 1.82) is 0 Å². The molecule has 0 saturated heterocycles. The lowest BCUT2D eigenvalue weighted by Crippen LogP contribution is -2.48. The van der Waals surface area contributed by atoms with Crippen LogP contribution in [0.2, 0.25) is 0 Å². The van der Waals surface area contributed by atoms with Gasteiger partial charge in [0.15, 0.2) is 6.10 Å². The topological polar surface area (TPSA) is 111 Å². The molecule has 1 fully saturated rings. The van der Waals surface area contributed by atoms with E-state index in [4.69, 9.17) is 14.2 Å². The Balaban J connectivity index is 1.84. The molecule has 0 unspecified atom stereocenters. The van der Waals surface area contributed by atoms with Crippen molar-refractivity contribution in [3.8, 4) is 0 Å². The maximum atomic E-state index is 12.8. The summed E-state index contributed by atoms with van der Waals surface area (Å²) in [6, 6.07) is 16.0. The Bertz CT molecular complexity index is 956. The van der Waals surface area contributed by atoms with Crippen LogP contribution >= 0.6 is 0 Å². The summed E-state index contributed by atoms with van der Waals surface area (Å²) >= 11 is 0. The number of aliphatic hydroxyl groups excluding tert-OH is 1. The second-order valence-electron chi connectivity index (χ2n) is 8.90. The van der Waals surface area contributed by atoms with Crippen LogP contribution in [-0.2, 0) is 14.2 Å². The van der Waals surface area contributed by atoms with Crippen molar-refractivity contribution in [1.82, 2.24) is 5.32 Å². The van der Waals surface area contributed by atoms with E-state index in [0.717, 1.165) is 0 Å². The van der Waals surface area contributed by atoms with Gasteiger partial charge in [0.2, 0.25) is 0 Å². The number of ether oxygens (including phenoxy) is 3. The molecule has 2 aromatic carbocycles. The summed E-state index contributed by atoms with van der Waals surface area (Å²) in [7, 11) is 0. The molecule has 0 spiro atoms. The second-order valence-corrected chi connectivity index (χ2v) is 8.90. The van der Waals surface area contributed by atoms with Crippen LogP contribution < -0.4 is 5.32 Å². The summed E-state index contributed by atoms with van der Waals surface area (Å²) in [4.78, 5) is 37.9. The monoisotopic (exact) mass is 455 g/mol. The summed E-state index contributed by atoms with van der Waals surface area (Å²) in [6.45, 7) is 4.87. The predicted molar refractivity (Wildman–Crippen MR) is 120 cm³/mol. The molecule has 33 heavy (non-hydrogen) atoms. The van der Waals surface area contributed by atoms with Crippen LogP contribution in [0.1, 0.15) is 47.9 Å². The molecule has 1 saturated carbocycles. The molecule has 1 aliphatic carbocycles. The fourth-order valence-corrected chi connectivity index (χ4v) is 3.71. The molecule has 1 aliphatic rings. The van der Waals surface area contributed by atoms with Gasteiger partial charge in [0.25, 0.3) is 0 Å². The van der Waals surface area contributed by atoms with E-state index in [1.165, 1.54) is 0 Å². The SMILES string of the molecule is CC(C)(C)OC(=O)N[C@H]1C[C@H](CO)[C@@H](OC(=O)c2ccccc2)[C@H]1OC(=O)c1ccccc1. The first-order valence-corrected chi connectivity index (χ1v) is 10.8. The van der Waals surface area contributed by atoms with Gasteiger partial charge in [-0.1, -0.05) is 36.4 Å². The summed E-state index contributed by atoms with van der Waals surface area (Å²) in [5.74, 6) is -1.79. The third-order valence-electron chi connectivity index (χ3n) is 5.18. The van der Waals surface area contributed by atoms with E-state index in [2.05, 4.69) is 5.32 Å². The van der Waals surface area contributed by atoms with Crippen LogP contribution in [0.25, 0.3) is 0 Å². The van der Waals surface area contributed by atoms with Gasteiger partial charge in [0.05, 0.1) is 17.2 Å². The van der Waals surface area contributed by atoms with Crippen molar-refractivity contribution >= 4 is 18.0 Å². The van der Waals surface area contributed by atoms with Gasteiger partial charge in [-0.25, -0.2) is 14.4 Å². The normalized spacial score (nSPS) is 22.3. The third kappa shape index (κ3) is 6.55. The van der Waals surface area contributed by atoms with Crippen LogP contribution in [-0.4, -0.2) is 53.6 Å². The first kappa shape index (κ1) is 24.3. The number of hydrogen-bond acceptors (Lipinski definition) is 7. The van der Waals surface area contributed by atoms with E-state index in [1.807, 2.05) is 0 Å². The Morgan fingerprint density at radius 3 is 1.82 bits per heavy atom. The zero-order chi connectivity index (χ0) is 24.0. The van der Waals surface area contributed by atoms with E-state index in [1.54, 1.807) is 81.4 Å². The number of esters is 2. The van der Waals surface area contributed by atoms with Gasteiger partial charge < -0.3 is 24.6 Å². The maximum Gasteiger partial charge on any atom is 0.408 e. The highest BCUT2D eigenvalue weighted by molar-refractivity contribution is 5.90. The number of aliphatic hydroxyl groups is 1. The molecule has 0 aliphatic heterocycles. The highest BCUT2D eigenvalue weighted by Gasteiger charge is 2.49. The van der Waals surface area contributed by atoms with Gasteiger partial charge in [-0.05, 0) is 51.5 Å². The summed E-state index contributed by atoms with van der Waals surface area (Å²) < 4.78 is 16.8. The van der Waals surface area contributed by atoms with Gasteiger partial charge in [0, 0.05) is 12.5 Å². The van der Waals surface area contributed by atoms with Crippen LogP contribution in [0.3, 0.4) is 0 Å². The smallest absolute Gasteiger partial charge is 0.408 e. The molecular formula is C25H29NO7. The first-order chi connectivity index (χ1) is 15.7. The highest BCUT2D eigenvalue weighted by Crippen LogP contribution is 2.33. The molecule has 1 amide bonds. The lowest BCUT2D eigenvalue weighted by atomic mass is 10.1. The van der Waals surface area contributed by atoms with E-state index >= 15 is 0 Å². The van der Waals surface area contributed by atoms with Gasteiger partial charge in [0.1, 0.15) is 11.7 Å². The number of carbonyl (C=O) groups excluding carboxylic acids is 3. The molecule has 0 aromatic heterocycles. The molecular weight excluding hydrogens is 426 g/mol. The van der Waals surface area contributed by atoms with Crippen LogP contribution in [0.4, 0.5) is 4.79 Å². The molecule has 8 nitrogen and oxygen atoms in total. The fraction of sp³-hybridized carbons (Fsp3) is 0.400. The Morgan fingerprint density at radius 1 is 0.879 bits per heavy atom. The molecule has 2 N–H and O–H groups in total. The van der Waals surface area contributed by atoms with Crippen molar-refractivity contribution < 1.29 is 33.7 Å². The Labute approximate surface area is 192 Å². The minimum Gasteiger partial charge on any atom is -0.454 e. The second kappa shape index (κ2) is 10.5. The van der Waals surface area contributed by atoms with E-state index in [9.17, 15) is 19.5 Å². The number of alkyl carbamates (subject to hydrolysis) is 1. The maximum absolute atomic E-state index is 12.8. The molecule has 0 heterocycles. The average molecular weight is 456 g/mol. The molecule has 2 aromatic rings. The van der Waals surface area contributed by atoms with Crippen molar-refractivity contribution in [2.24, 2.45) is 5.92 Å². The zero-order valence-corrected chi connectivity index (χ0v) is 18.9. The summed E-state index contributed by atoms with van der Waals surface area (Å²) in [6.07, 6.45) is -2.44. The van der Waals surface area contributed by atoms with Crippen molar-refractivity contribution in [3.63, 3.8) is 0 Å². The number of benzene rings is 2. The molecule has 3 rings (SSSR count). The Morgan fingerprint density at radius 2 is 1.36 bits per heavy atom. The number of nitrogens with one attached hydrogen (secondary N) is 1. The van der Waals surface area contributed by atoms with E-state index in [-0.39, 0.29) is 13.0 Å². The van der Waals surface area contributed by atoms with Gasteiger partial charge in [-0.3, -0.25) is 0 Å². The number of amides is 1.